The minimum Gasteiger partial charge on any atom is -0.310 e. The third kappa shape index (κ3) is 5.29. The van der Waals surface area contributed by atoms with Crippen molar-refractivity contribution in [2.24, 2.45) is 0 Å². The number of amides is 1. The maximum Gasteiger partial charge on any atom is 0.239 e. The molecule has 1 aromatic rings. The van der Waals surface area contributed by atoms with Crippen LogP contribution in [0.15, 0.2) is 18.3 Å². The summed E-state index contributed by atoms with van der Waals surface area (Å²) in [6.45, 7) is 0.796. The SMILES string of the molecule is CN(CCC#N)CC(=O)Nc1ccc(Cl)cn1. The second-order valence-corrected chi connectivity index (χ2v) is 3.99. The number of hydrogen-bond acceptors (Lipinski definition) is 4. The lowest BCUT2D eigenvalue weighted by atomic mass is 10.4. The van der Waals surface area contributed by atoms with Crippen molar-refractivity contribution in [2.75, 3.05) is 25.5 Å². The quantitative estimate of drug-likeness (QED) is 0.863. The highest BCUT2D eigenvalue weighted by atomic mass is 35.5. The molecule has 6 heteroatoms. The molecule has 0 fully saturated rings. The van der Waals surface area contributed by atoms with Gasteiger partial charge in [-0.25, -0.2) is 4.98 Å². The fraction of sp³-hybridized carbons (Fsp3) is 0.364. The standard InChI is InChI=1S/C11H13ClN4O/c1-16(6-2-5-13)8-11(17)15-10-4-3-9(12)7-14-10/h3-4,7H,2,6,8H2,1H3,(H,14,15,17). The number of hydrogen-bond donors (Lipinski definition) is 1. The average molecular weight is 253 g/mol. The second kappa shape index (κ2) is 6.84. The predicted octanol–water partition coefficient (Wildman–Crippen LogP) is 1.52. The summed E-state index contributed by atoms with van der Waals surface area (Å²) in [4.78, 5) is 17.3. The molecule has 0 aromatic carbocycles. The van der Waals surface area contributed by atoms with E-state index >= 15 is 0 Å². The maximum atomic E-state index is 11.6. The van der Waals surface area contributed by atoms with E-state index in [-0.39, 0.29) is 12.5 Å². The summed E-state index contributed by atoms with van der Waals surface area (Å²) in [5.74, 6) is 0.299. The predicted molar refractivity (Wildman–Crippen MR) is 65.6 cm³/mol. The number of likely N-dealkylation sites (N-methyl/N-ethyl adjacent to an activating group) is 1. The van der Waals surface area contributed by atoms with Crippen LogP contribution in [0.25, 0.3) is 0 Å². The van der Waals surface area contributed by atoms with Gasteiger partial charge in [0.25, 0.3) is 0 Å². The van der Waals surface area contributed by atoms with Crippen LogP contribution in [0.4, 0.5) is 5.82 Å². The van der Waals surface area contributed by atoms with Crippen molar-refractivity contribution in [1.82, 2.24) is 9.88 Å². The molecule has 0 bridgehead atoms. The third-order valence-electron chi connectivity index (χ3n) is 2.01. The summed E-state index contributed by atoms with van der Waals surface area (Å²) < 4.78 is 0. The Labute approximate surface area is 105 Å². The monoisotopic (exact) mass is 252 g/mol. The molecule has 1 heterocycles. The highest BCUT2D eigenvalue weighted by molar-refractivity contribution is 6.30. The molecule has 0 spiro atoms. The van der Waals surface area contributed by atoms with Gasteiger partial charge in [0.05, 0.1) is 17.6 Å². The van der Waals surface area contributed by atoms with Gasteiger partial charge in [0.2, 0.25) is 5.91 Å². The van der Waals surface area contributed by atoms with Crippen molar-refractivity contribution in [1.29, 1.82) is 5.26 Å². The normalized spacial score (nSPS) is 10.0. The molecule has 17 heavy (non-hydrogen) atoms. The molecule has 1 amide bonds. The molecular weight excluding hydrogens is 240 g/mol. The van der Waals surface area contributed by atoms with Crippen LogP contribution in [0.3, 0.4) is 0 Å². The molecule has 1 rings (SSSR count). The molecule has 0 aliphatic rings. The highest BCUT2D eigenvalue weighted by Crippen LogP contribution is 2.09. The maximum absolute atomic E-state index is 11.6. The van der Waals surface area contributed by atoms with Crippen molar-refractivity contribution in [2.45, 2.75) is 6.42 Å². The van der Waals surface area contributed by atoms with E-state index in [9.17, 15) is 4.79 Å². The zero-order valence-electron chi connectivity index (χ0n) is 9.48. The first-order chi connectivity index (χ1) is 8.11. The van der Waals surface area contributed by atoms with Crippen molar-refractivity contribution >= 4 is 23.3 Å². The summed E-state index contributed by atoms with van der Waals surface area (Å²) in [6.07, 6.45) is 1.87. The summed E-state index contributed by atoms with van der Waals surface area (Å²) >= 11 is 5.68. The molecule has 1 aromatic heterocycles. The lowest BCUT2D eigenvalue weighted by Crippen LogP contribution is -2.31. The zero-order chi connectivity index (χ0) is 12.7. The van der Waals surface area contributed by atoms with Crippen LogP contribution in [0.1, 0.15) is 6.42 Å². The number of carbonyl (C=O) groups excluding carboxylic acids is 1. The van der Waals surface area contributed by atoms with Gasteiger partial charge in [-0.1, -0.05) is 11.6 Å². The van der Waals surface area contributed by atoms with Crippen molar-refractivity contribution in [3.63, 3.8) is 0 Å². The summed E-state index contributed by atoms with van der Waals surface area (Å²) in [5.41, 5.74) is 0. The number of rotatable bonds is 5. The Morgan fingerprint density at radius 2 is 2.41 bits per heavy atom. The molecule has 0 radical (unpaired) electrons. The Hall–Kier alpha value is -1.64. The van der Waals surface area contributed by atoms with Crippen LogP contribution in [-0.4, -0.2) is 35.9 Å². The van der Waals surface area contributed by atoms with Crippen LogP contribution >= 0.6 is 11.6 Å². The summed E-state index contributed by atoms with van der Waals surface area (Å²) in [6, 6.07) is 5.32. The Morgan fingerprint density at radius 1 is 1.65 bits per heavy atom. The van der Waals surface area contributed by atoms with Gasteiger partial charge < -0.3 is 5.32 Å². The minimum atomic E-state index is -0.166. The zero-order valence-corrected chi connectivity index (χ0v) is 10.2. The first-order valence-electron chi connectivity index (χ1n) is 5.08. The van der Waals surface area contributed by atoms with E-state index in [2.05, 4.69) is 10.3 Å². The topological polar surface area (TPSA) is 69.0 Å². The molecule has 0 unspecified atom stereocenters. The molecule has 0 aliphatic heterocycles. The van der Waals surface area contributed by atoms with E-state index in [4.69, 9.17) is 16.9 Å². The van der Waals surface area contributed by atoms with Crippen LogP contribution in [0, 0.1) is 11.3 Å². The van der Waals surface area contributed by atoms with Crippen LogP contribution in [0.2, 0.25) is 5.02 Å². The smallest absolute Gasteiger partial charge is 0.239 e. The van der Waals surface area contributed by atoms with Crippen molar-refractivity contribution in [3.05, 3.63) is 23.4 Å². The number of nitrogens with one attached hydrogen (secondary N) is 1. The Bertz CT molecular complexity index is 412. The van der Waals surface area contributed by atoms with Gasteiger partial charge in [-0.05, 0) is 19.2 Å². The largest absolute Gasteiger partial charge is 0.310 e. The number of aromatic nitrogens is 1. The van der Waals surface area contributed by atoms with Crippen LogP contribution < -0.4 is 5.32 Å². The van der Waals surface area contributed by atoms with Crippen LogP contribution in [-0.2, 0) is 4.79 Å². The van der Waals surface area contributed by atoms with Crippen molar-refractivity contribution < 1.29 is 4.79 Å². The van der Waals surface area contributed by atoms with Gasteiger partial charge in [-0.3, -0.25) is 9.69 Å². The summed E-state index contributed by atoms with van der Waals surface area (Å²) in [5, 5.41) is 11.6. The van der Waals surface area contributed by atoms with E-state index in [1.807, 2.05) is 6.07 Å². The van der Waals surface area contributed by atoms with E-state index in [0.29, 0.717) is 23.8 Å². The van der Waals surface area contributed by atoms with Gasteiger partial charge in [-0.2, -0.15) is 5.26 Å². The molecule has 0 saturated heterocycles. The Morgan fingerprint density at radius 3 is 3.00 bits per heavy atom. The summed E-state index contributed by atoms with van der Waals surface area (Å²) in [7, 11) is 1.78. The number of carbonyl (C=O) groups is 1. The van der Waals surface area contributed by atoms with E-state index in [1.165, 1.54) is 6.20 Å². The third-order valence-corrected chi connectivity index (χ3v) is 2.24. The number of halogens is 1. The molecule has 1 N–H and O–H groups in total. The van der Waals surface area contributed by atoms with Crippen LogP contribution in [0.5, 0.6) is 0 Å². The number of nitrogens with zero attached hydrogens (tertiary/aromatic N) is 3. The second-order valence-electron chi connectivity index (χ2n) is 3.56. The average Bonchev–Trinajstić information content (AvgIpc) is 2.29. The molecule has 0 saturated carbocycles. The van der Waals surface area contributed by atoms with Gasteiger partial charge >= 0.3 is 0 Å². The fourth-order valence-electron chi connectivity index (χ4n) is 1.20. The van der Waals surface area contributed by atoms with E-state index in [1.54, 1.807) is 24.1 Å². The molecule has 0 aliphatic carbocycles. The number of pyridine rings is 1. The first-order valence-corrected chi connectivity index (χ1v) is 5.46. The Balaban J connectivity index is 2.39. The molecule has 0 atom stereocenters. The Kier molecular flexibility index (Phi) is 5.40. The van der Waals surface area contributed by atoms with E-state index in [0.717, 1.165) is 0 Å². The number of anilines is 1. The van der Waals surface area contributed by atoms with Gasteiger partial charge in [0.15, 0.2) is 0 Å². The van der Waals surface area contributed by atoms with Gasteiger partial charge in [0.1, 0.15) is 5.82 Å². The highest BCUT2D eigenvalue weighted by Gasteiger charge is 2.06. The first kappa shape index (κ1) is 13.4. The lowest BCUT2D eigenvalue weighted by Gasteiger charge is -2.13. The lowest BCUT2D eigenvalue weighted by molar-refractivity contribution is -0.117. The van der Waals surface area contributed by atoms with Gasteiger partial charge in [0, 0.05) is 19.2 Å². The van der Waals surface area contributed by atoms with Crippen molar-refractivity contribution in [3.8, 4) is 6.07 Å². The number of nitriles is 1. The van der Waals surface area contributed by atoms with E-state index < -0.39 is 0 Å². The van der Waals surface area contributed by atoms with Gasteiger partial charge in [-0.15, -0.1) is 0 Å². The molecule has 90 valence electrons. The fourth-order valence-corrected chi connectivity index (χ4v) is 1.31. The molecule has 5 nitrogen and oxygen atoms in total. The minimum absolute atomic E-state index is 0.166. The molecular formula is C11H13ClN4O.